The monoisotopic (exact) mass is 335 g/mol. The predicted octanol–water partition coefficient (Wildman–Crippen LogP) is 4.13. The molecule has 25 heavy (non-hydrogen) atoms. The van der Waals surface area contributed by atoms with E-state index < -0.39 is 5.82 Å². The van der Waals surface area contributed by atoms with Crippen molar-refractivity contribution in [3.8, 4) is 0 Å². The molecule has 0 spiro atoms. The largest absolute Gasteiger partial charge is 0.383 e. The summed E-state index contributed by atoms with van der Waals surface area (Å²) in [6.45, 7) is 0.778. The summed E-state index contributed by atoms with van der Waals surface area (Å²) in [5, 5.41) is 5.89. The number of carbonyl (C=O) groups is 1. The predicted molar refractivity (Wildman–Crippen MR) is 97.2 cm³/mol. The first kappa shape index (κ1) is 16.6. The number of hydrogen-bond donors (Lipinski definition) is 2. The topological polar surface area (TPSA) is 54.0 Å². The Bertz CT molecular complexity index is 835. The Morgan fingerprint density at radius 1 is 0.960 bits per heavy atom. The molecule has 5 heteroatoms. The zero-order valence-electron chi connectivity index (χ0n) is 13.6. The van der Waals surface area contributed by atoms with Crippen LogP contribution in [0.25, 0.3) is 0 Å². The Morgan fingerprint density at radius 2 is 1.80 bits per heavy atom. The van der Waals surface area contributed by atoms with Gasteiger partial charge in [-0.05, 0) is 42.3 Å². The van der Waals surface area contributed by atoms with Gasteiger partial charge in [-0.25, -0.2) is 9.37 Å². The molecule has 0 aliphatic rings. The highest BCUT2D eigenvalue weighted by Crippen LogP contribution is 2.12. The van der Waals surface area contributed by atoms with Crippen molar-refractivity contribution in [1.29, 1.82) is 0 Å². The second kappa shape index (κ2) is 8.06. The van der Waals surface area contributed by atoms with Crippen LogP contribution in [-0.2, 0) is 6.42 Å². The van der Waals surface area contributed by atoms with E-state index in [1.54, 1.807) is 24.4 Å². The molecule has 0 bridgehead atoms. The Balaban J connectivity index is 1.53. The molecule has 126 valence electrons. The molecule has 0 aliphatic heterocycles. The summed E-state index contributed by atoms with van der Waals surface area (Å²) in [4.78, 5) is 16.3. The van der Waals surface area contributed by atoms with Gasteiger partial charge in [0.2, 0.25) is 0 Å². The van der Waals surface area contributed by atoms with Crippen LogP contribution in [0.3, 0.4) is 0 Å². The average Bonchev–Trinajstić information content (AvgIpc) is 2.63. The van der Waals surface area contributed by atoms with Gasteiger partial charge in [0.1, 0.15) is 11.5 Å². The molecule has 0 radical (unpaired) electrons. The summed E-state index contributed by atoms with van der Waals surface area (Å²) in [5.41, 5.74) is 2.78. The summed E-state index contributed by atoms with van der Waals surface area (Å²) in [5.74, 6) is -0.773. The van der Waals surface area contributed by atoms with Gasteiger partial charge in [-0.2, -0.15) is 0 Å². The van der Waals surface area contributed by atoms with Gasteiger partial charge in [-0.15, -0.1) is 0 Å². The van der Waals surface area contributed by atoms with Crippen molar-refractivity contribution in [3.05, 3.63) is 90.0 Å². The summed E-state index contributed by atoms with van der Waals surface area (Å²) in [7, 11) is 0. The number of nitrogens with one attached hydrogen (secondary N) is 2. The van der Waals surface area contributed by atoms with Crippen LogP contribution in [0.2, 0.25) is 0 Å². The van der Waals surface area contributed by atoms with Gasteiger partial charge in [0.15, 0.2) is 0 Å². The smallest absolute Gasteiger partial charge is 0.274 e. The van der Waals surface area contributed by atoms with E-state index in [0.29, 0.717) is 5.69 Å². The lowest BCUT2D eigenvalue weighted by atomic mass is 10.1. The quantitative estimate of drug-likeness (QED) is 0.712. The first-order chi connectivity index (χ1) is 12.2. The Hall–Kier alpha value is -3.21. The molecule has 2 aromatic carbocycles. The van der Waals surface area contributed by atoms with Gasteiger partial charge >= 0.3 is 0 Å². The van der Waals surface area contributed by atoms with Crippen molar-refractivity contribution in [1.82, 2.24) is 4.98 Å². The first-order valence-corrected chi connectivity index (χ1v) is 8.01. The van der Waals surface area contributed by atoms with Crippen LogP contribution in [0.4, 0.5) is 15.8 Å². The lowest BCUT2D eigenvalue weighted by molar-refractivity contribution is 0.102. The van der Waals surface area contributed by atoms with Crippen molar-refractivity contribution in [2.24, 2.45) is 0 Å². The number of rotatable bonds is 6. The third-order valence-electron chi connectivity index (χ3n) is 3.66. The SMILES string of the molecule is O=C(Nc1cccc(F)c1)c1ccc(NCCc2ccccc2)cn1. The fraction of sp³-hybridized carbons (Fsp3) is 0.100. The van der Waals surface area contributed by atoms with Gasteiger partial charge in [0, 0.05) is 12.2 Å². The Kier molecular flexibility index (Phi) is 5.36. The maximum Gasteiger partial charge on any atom is 0.274 e. The minimum Gasteiger partial charge on any atom is -0.383 e. The van der Waals surface area contributed by atoms with Crippen LogP contribution in [0.1, 0.15) is 16.1 Å². The van der Waals surface area contributed by atoms with Crippen molar-refractivity contribution >= 4 is 17.3 Å². The van der Waals surface area contributed by atoms with Gasteiger partial charge in [-0.3, -0.25) is 4.79 Å². The highest BCUT2D eigenvalue weighted by molar-refractivity contribution is 6.02. The normalized spacial score (nSPS) is 10.3. The van der Waals surface area contributed by atoms with Crippen molar-refractivity contribution < 1.29 is 9.18 Å². The highest BCUT2D eigenvalue weighted by Gasteiger charge is 2.08. The van der Waals surface area contributed by atoms with E-state index in [2.05, 4.69) is 27.8 Å². The second-order valence-electron chi connectivity index (χ2n) is 5.56. The lowest BCUT2D eigenvalue weighted by Gasteiger charge is -2.08. The Labute approximate surface area is 145 Å². The maximum absolute atomic E-state index is 13.1. The van der Waals surface area contributed by atoms with Crippen LogP contribution < -0.4 is 10.6 Å². The maximum atomic E-state index is 13.1. The van der Waals surface area contributed by atoms with E-state index in [-0.39, 0.29) is 11.6 Å². The molecule has 1 amide bonds. The van der Waals surface area contributed by atoms with E-state index in [9.17, 15) is 9.18 Å². The number of halogens is 1. The molecule has 4 nitrogen and oxygen atoms in total. The van der Waals surface area contributed by atoms with Gasteiger partial charge in [0.05, 0.1) is 11.9 Å². The fourth-order valence-corrected chi connectivity index (χ4v) is 2.39. The minimum absolute atomic E-state index is 0.276. The first-order valence-electron chi connectivity index (χ1n) is 8.01. The zero-order chi connectivity index (χ0) is 17.5. The molecule has 1 heterocycles. The molecule has 0 saturated carbocycles. The summed E-state index contributed by atoms with van der Waals surface area (Å²) < 4.78 is 13.1. The molecule has 2 N–H and O–H groups in total. The number of anilines is 2. The molecule has 3 rings (SSSR count). The van der Waals surface area contributed by atoms with Crippen LogP contribution in [0, 0.1) is 5.82 Å². The molecule has 0 unspecified atom stereocenters. The number of nitrogens with zero attached hydrogens (tertiary/aromatic N) is 1. The van der Waals surface area contributed by atoms with E-state index in [0.717, 1.165) is 18.7 Å². The third kappa shape index (κ3) is 4.88. The number of hydrogen-bond acceptors (Lipinski definition) is 3. The van der Waals surface area contributed by atoms with Crippen molar-refractivity contribution in [3.63, 3.8) is 0 Å². The van der Waals surface area contributed by atoms with Gasteiger partial charge in [0.25, 0.3) is 5.91 Å². The second-order valence-corrected chi connectivity index (χ2v) is 5.56. The van der Waals surface area contributed by atoms with E-state index in [4.69, 9.17) is 0 Å². The lowest BCUT2D eigenvalue weighted by Crippen LogP contribution is -2.14. The number of benzene rings is 2. The van der Waals surface area contributed by atoms with Crippen LogP contribution in [0.15, 0.2) is 72.9 Å². The fourth-order valence-electron chi connectivity index (χ4n) is 2.39. The highest BCUT2D eigenvalue weighted by atomic mass is 19.1. The molecular formula is C20H18FN3O. The molecule has 0 aliphatic carbocycles. The van der Waals surface area contributed by atoms with Gasteiger partial charge in [-0.1, -0.05) is 36.4 Å². The average molecular weight is 335 g/mol. The van der Waals surface area contributed by atoms with Crippen LogP contribution in [-0.4, -0.2) is 17.4 Å². The molecule has 0 atom stereocenters. The van der Waals surface area contributed by atoms with Crippen molar-refractivity contribution in [2.45, 2.75) is 6.42 Å². The molecule has 0 saturated heterocycles. The summed E-state index contributed by atoms with van der Waals surface area (Å²) >= 11 is 0. The number of pyridine rings is 1. The van der Waals surface area contributed by atoms with Crippen molar-refractivity contribution in [2.75, 3.05) is 17.2 Å². The molecule has 0 fully saturated rings. The molecular weight excluding hydrogens is 317 g/mol. The summed E-state index contributed by atoms with van der Waals surface area (Å²) in [6.07, 6.45) is 2.52. The standard InChI is InChI=1S/C20H18FN3O/c21-16-7-4-8-17(13-16)24-20(25)19-10-9-18(14-23-19)22-12-11-15-5-2-1-3-6-15/h1-10,13-14,22H,11-12H2,(H,24,25). The Morgan fingerprint density at radius 3 is 2.52 bits per heavy atom. The van der Waals surface area contributed by atoms with Crippen LogP contribution in [0.5, 0.6) is 0 Å². The molecule has 3 aromatic rings. The number of carbonyl (C=O) groups excluding carboxylic acids is 1. The zero-order valence-corrected chi connectivity index (χ0v) is 13.6. The van der Waals surface area contributed by atoms with E-state index in [1.807, 2.05) is 18.2 Å². The van der Waals surface area contributed by atoms with E-state index >= 15 is 0 Å². The minimum atomic E-state index is -0.399. The molecule has 1 aromatic heterocycles. The van der Waals surface area contributed by atoms with Gasteiger partial charge < -0.3 is 10.6 Å². The number of aromatic nitrogens is 1. The van der Waals surface area contributed by atoms with Crippen LogP contribution >= 0.6 is 0 Å². The number of amides is 1. The van der Waals surface area contributed by atoms with E-state index in [1.165, 1.54) is 23.8 Å². The third-order valence-corrected chi connectivity index (χ3v) is 3.66. The summed E-state index contributed by atoms with van der Waals surface area (Å²) in [6, 6.07) is 19.4.